The summed E-state index contributed by atoms with van der Waals surface area (Å²) >= 11 is 0. The van der Waals surface area contributed by atoms with Gasteiger partial charge in [-0.15, -0.1) is 0 Å². The van der Waals surface area contributed by atoms with Crippen LogP contribution in [-0.2, 0) is 4.79 Å². The monoisotopic (exact) mass is 311 g/mol. The fourth-order valence-corrected chi connectivity index (χ4v) is 7.27. The van der Waals surface area contributed by atoms with Crippen molar-refractivity contribution in [2.24, 2.45) is 34.5 Å². The van der Waals surface area contributed by atoms with Crippen molar-refractivity contribution < 1.29 is 4.79 Å². The van der Waals surface area contributed by atoms with Gasteiger partial charge < -0.3 is 0 Å². The number of carbonyl (C=O) groups excluding carboxylic acids is 1. The summed E-state index contributed by atoms with van der Waals surface area (Å²) in [5.74, 6) is 2.81. The van der Waals surface area contributed by atoms with Gasteiger partial charge in [-0.05, 0) is 67.1 Å². The first-order valence-corrected chi connectivity index (χ1v) is 9.62. The molecule has 4 rings (SSSR count). The summed E-state index contributed by atoms with van der Waals surface area (Å²) < 4.78 is 0. The van der Waals surface area contributed by atoms with Crippen molar-refractivity contribution in [2.45, 2.75) is 71.6 Å². The highest BCUT2D eigenvalue weighted by atomic mass is 16.1. The van der Waals surface area contributed by atoms with Crippen LogP contribution in [0, 0.1) is 45.8 Å². The number of nitriles is 1. The highest BCUT2D eigenvalue weighted by Gasteiger charge is 2.61. The minimum absolute atomic E-state index is 0.0220. The molecular formula is C21H29NO. The van der Waals surface area contributed by atoms with Gasteiger partial charge in [0.05, 0.1) is 6.07 Å². The van der Waals surface area contributed by atoms with Crippen LogP contribution in [-0.4, -0.2) is 5.78 Å². The van der Waals surface area contributed by atoms with Crippen LogP contribution in [0.3, 0.4) is 0 Å². The van der Waals surface area contributed by atoms with E-state index >= 15 is 0 Å². The summed E-state index contributed by atoms with van der Waals surface area (Å²) in [7, 11) is 0. The van der Waals surface area contributed by atoms with Crippen LogP contribution in [0.5, 0.6) is 0 Å². The van der Waals surface area contributed by atoms with Crippen LogP contribution in [0.15, 0.2) is 11.6 Å². The Morgan fingerprint density at radius 1 is 1.17 bits per heavy atom. The van der Waals surface area contributed by atoms with Crippen molar-refractivity contribution in [3.63, 3.8) is 0 Å². The molecule has 4 fully saturated rings. The maximum Gasteiger partial charge on any atom is 0.137 e. The minimum Gasteiger partial charge on any atom is -0.299 e. The second-order valence-corrected chi connectivity index (χ2v) is 9.17. The number of rotatable bonds is 0. The molecule has 0 aliphatic heterocycles. The molecule has 124 valence electrons. The Balaban J connectivity index is 1.72. The third kappa shape index (κ3) is 2.01. The molecule has 4 aliphatic rings. The molecule has 23 heavy (non-hydrogen) atoms. The molecule has 0 N–H and O–H groups in total. The maximum absolute atomic E-state index is 13.3. The average molecular weight is 311 g/mol. The number of Topliss-reactive ketones (excluding diaryl/α,β-unsaturated/α-hetero) is 1. The fraction of sp³-hybridized carbons (Fsp3) is 0.810. The van der Waals surface area contributed by atoms with Crippen molar-refractivity contribution in [2.75, 3.05) is 0 Å². The Morgan fingerprint density at radius 3 is 2.78 bits per heavy atom. The first kappa shape index (κ1) is 15.4. The molecule has 2 heteroatoms. The molecule has 6 atom stereocenters. The lowest BCUT2D eigenvalue weighted by atomic mass is 9.45. The summed E-state index contributed by atoms with van der Waals surface area (Å²) in [5, 5.41) is 9.11. The van der Waals surface area contributed by atoms with Crippen molar-refractivity contribution in [1.82, 2.24) is 0 Å². The number of fused-ring (bicyclic) bond motifs is 5. The van der Waals surface area contributed by atoms with E-state index in [-0.39, 0.29) is 10.8 Å². The Hall–Kier alpha value is -1.10. The van der Waals surface area contributed by atoms with Gasteiger partial charge in [-0.1, -0.05) is 32.3 Å². The van der Waals surface area contributed by atoms with E-state index in [1.54, 1.807) is 6.08 Å². The average Bonchev–Trinajstić information content (AvgIpc) is 2.83. The molecule has 2 nitrogen and oxygen atoms in total. The van der Waals surface area contributed by atoms with E-state index < -0.39 is 0 Å². The van der Waals surface area contributed by atoms with Crippen molar-refractivity contribution in [1.29, 1.82) is 5.26 Å². The Bertz CT molecular complexity index is 599. The molecule has 0 aromatic carbocycles. The van der Waals surface area contributed by atoms with Gasteiger partial charge in [0, 0.05) is 18.4 Å². The van der Waals surface area contributed by atoms with Crippen LogP contribution >= 0.6 is 0 Å². The molecule has 4 saturated carbocycles. The molecule has 0 unspecified atom stereocenters. The van der Waals surface area contributed by atoms with Gasteiger partial charge in [-0.2, -0.15) is 5.26 Å². The van der Waals surface area contributed by atoms with Crippen molar-refractivity contribution in [3.8, 4) is 6.07 Å². The van der Waals surface area contributed by atoms with E-state index in [2.05, 4.69) is 19.9 Å². The first-order valence-electron chi connectivity index (χ1n) is 9.62. The number of carbonyl (C=O) groups is 1. The lowest BCUT2D eigenvalue weighted by Crippen LogP contribution is -2.56. The highest BCUT2D eigenvalue weighted by molar-refractivity contribution is 5.85. The summed E-state index contributed by atoms with van der Waals surface area (Å²) in [6.07, 6.45) is 12.5. The SMILES string of the molecule is C[C@]12CCCC[C@H]1CC[C@@H]1[C@@H]2C(=O)C[C@]2(C)/C(=C\C#N)CC[C@@H]12. The fourth-order valence-electron chi connectivity index (χ4n) is 7.27. The molecule has 0 heterocycles. The third-order valence-corrected chi connectivity index (χ3v) is 8.36. The zero-order valence-corrected chi connectivity index (χ0v) is 14.6. The molecule has 0 radical (unpaired) electrons. The Labute approximate surface area is 140 Å². The molecular weight excluding hydrogens is 282 g/mol. The Kier molecular flexibility index (Phi) is 3.49. The number of ketones is 1. The number of hydrogen-bond acceptors (Lipinski definition) is 2. The Morgan fingerprint density at radius 2 is 2.00 bits per heavy atom. The van der Waals surface area contributed by atoms with Gasteiger partial charge in [-0.3, -0.25) is 4.79 Å². The van der Waals surface area contributed by atoms with E-state index in [0.29, 0.717) is 30.0 Å². The van der Waals surface area contributed by atoms with Crippen LogP contribution in [0.1, 0.15) is 71.6 Å². The highest BCUT2D eigenvalue weighted by Crippen LogP contribution is 2.66. The lowest BCUT2D eigenvalue weighted by Gasteiger charge is -2.59. The second kappa shape index (κ2) is 5.20. The summed E-state index contributed by atoms with van der Waals surface area (Å²) in [4.78, 5) is 13.3. The predicted molar refractivity (Wildman–Crippen MR) is 90.4 cm³/mol. The lowest BCUT2D eigenvalue weighted by molar-refractivity contribution is -0.153. The van der Waals surface area contributed by atoms with Gasteiger partial charge >= 0.3 is 0 Å². The standard InChI is InChI=1S/C21H29NO/c1-20-11-4-3-5-14(20)6-8-16-17-9-7-15(10-12-22)21(17,2)13-18(23)19(16)20/h10,14,16-17,19H,3-9,11,13H2,1-2H3/b15-10-/t14-,16-,17-,19+,20-,21+/m0/s1. The van der Waals surface area contributed by atoms with E-state index in [9.17, 15) is 4.79 Å². The maximum atomic E-state index is 13.3. The van der Waals surface area contributed by atoms with Crippen molar-refractivity contribution in [3.05, 3.63) is 11.6 Å². The zero-order chi connectivity index (χ0) is 16.2. The summed E-state index contributed by atoms with van der Waals surface area (Å²) in [6.45, 7) is 4.71. The quantitative estimate of drug-likeness (QED) is 0.587. The van der Waals surface area contributed by atoms with Crippen molar-refractivity contribution >= 4 is 5.78 Å². The van der Waals surface area contributed by atoms with Gasteiger partial charge in [0.15, 0.2) is 0 Å². The minimum atomic E-state index is -0.0220. The van der Waals surface area contributed by atoms with Gasteiger partial charge in [0.2, 0.25) is 0 Å². The van der Waals surface area contributed by atoms with Crippen LogP contribution in [0.25, 0.3) is 0 Å². The zero-order valence-electron chi connectivity index (χ0n) is 14.6. The predicted octanol–water partition coefficient (Wildman–Crippen LogP) is 5.05. The van der Waals surface area contributed by atoms with Crippen LogP contribution in [0.4, 0.5) is 0 Å². The first-order chi connectivity index (χ1) is 11.0. The van der Waals surface area contributed by atoms with Crippen LogP contribution in [0.2, 0.25) is 0 Å². The van der Waals surface area contributed by atoms with E-state index in [0.717, 1.165) is 12.3 Å². The second-order valence-electron chi connectivity index (χ2n) is 9.17. The molecule has 0 aromatic heterocycles. The largest absolute Gasteiger partial charge is 0.299 e. The molecule has 0 saturated heterocycles. The van der Waals surface area contributed by atoms with E-state index in [1.165, 1.54) is 50.5 Å². The topological polar surface area (TPSA) is 40.9 Å². The van der Waals surface area contributed by atoms with Gasteiger partial charge in [0.1, 0.15) is 5.78 Å². The molecule has 0 spiro atoms. The van der Waals surface area contributed by atoms with Crippen LogP contribution < -0.4 is 0 Å². The van der Waals surface area contributed by atoms with E-state index in [1.807, 2.05) is 0 Å². The number of hydrogen-bond donors (Lipinski definition) is 0. The normalized spacial score (nSPS) is 50.8. The third-order valence-electron chi connectivity index (χ3n) is 8.36. The molecule has 0 aromatic rings. The summed E-state index contributed by atoms with van der Waals surface area (Å²) in [6, 6.07) is 2.23. The summed E-state index contributed by atoms with van der Waals surface area (Å²) in [5.41, 5.74) is 1.50. The van der Waals surface area contributed by atoms with Gasteiger partial charge in [0.25, 0.3) is 0 Å². The number of nitrogens with zero attached hydrogens (tertiary/aromatic N) is 1. The molecule has 0 bridgehead atoms. The number of allylic oxidation sites excluding steroid dienone is 2. The van der Waals surface area contributed by atoms with E-state index in [4.69, 9.17) is 5.26 Å². The van der Waals surface area contributed by atoms with Gasteiger partial charge in [-0.25, -0.2) is 0 Å². The smallest absolute Gasteiger partial charge is 0.137 e. The molecule has 4 aliphatic carbocycles. The molecule has 0 amide bonds.